The zero-order valence-electron chi connectivity index (χ0n) is 9.33. The average Bonchev–Trinajstić information content (AvgIpc) is 2.29. The molecule has 0 saturated heterocycles. The molecule has 0 atom stereocenters. The Morgan fingerprint density at radius 3 is 2.60 bits per heavy atom. The first kappa shape index (κ1) is 12.0. The summed E-state index contributed by atoms with van der Waals surface area (Å²) in [6.45, 7) is 3.73. The standard InChI is InChI=1S/C12H20N2O/c1-13-8-5-9-14-10-11-15-12-6-3-2-4-7-12/h2-4,6-7,13-14H,5,8-11H2,1H3. The van der Waals surface area contributed by atoms with Crippen molar-refractivity contribution >= 4 is 0 Å². The number of hydrogen-bond donors (Lipinski definition) is 2. The molecule has 15 heavy (non-hydrogen) atoms. The largest absolute Gasteiger partial charge is 0.492 e. The van der Waals surface area contributed by atoms with Crippen molar-refractivity contribution in [3.8, 4) is 5.75 Å². The Bertz CT molecular complexity index is 239. The molecule has 1 rings (SSSR count). The molecule has 0 aromatic heterocycles. The molecule has 1 aromatic carbocycles. The Morgan fingerprint density at radius 1 is 1.07 bits per heavy atom. The summed E-state index contributed by atoms with van der Waals surface area (Å²) in [5.74, 6) is 0.939. The molecule has 0 bridgehead atoms. The first-order valence-electron chi connectivity index (χ1n) is 5.46. The third kappa shape index (κ3) is 6.10. The predicted octanol–water partition coefficient (Wildman–Crippen LogP) is 1.26. The molecule has 0 aliphatic rings. The van der Waals surface area contributed by atoms with Gasteiger partial charge in [0.2, 0.25) is 0 Å². The zero-order valence-corrected chi connectivity index (χ0v) is 9.33. The molecule has 0 spiro atoms. The number of rotatable bonds is 8. The van der Waals surface area contributed by atoms with Crippen LogP contribution < -0.4 is 15.4 Å². The fraction of sp³-hybridized carbons (Fsp3) is 0.500. The second-order valence-electron chi connectivity index (χ2n) is 3.37. The smallest absolute Gasteiger partial charge is 0.119 e. The van der Waals surface area contributed by atoms with E-state index >= 15 is 0 Å². The van der Waals surface area contributed by atoms with E-state index in [9.17, 15) is 0 Å². The van der Waals surface area contributed by atoms with Gasteiger partial charge in [0, 0.05) is 6.54 Å². The lowest BCUT2D eigenvalue weighted by Gasteiger charge is -2.07. The van der Waals surface area contributed by atoms with Crippen LogP contribution in [0.1, 0.15) is 6.42 Å². The Balaban J connectivity index is 1.93. The molecule has 0 aliphatic heterocycles. The number of ether oxygens (including phenoxy) is 1. The molecule has 3 heteroatoms. The van der Waals surface area contributed by atoms with Crippen LogP contribution in [-0.2, 0) is 0 Å². The summed E-state index contributed by atoms with van der Waals surface area (Å²) in [5.41, 5.74) is 0. The fourth-order valence-corrected chi connectivity index (χ4v) is 1.27. The second-order valence-corrected chi connectivity index (χ2v) is 3.37. The van der Waals surface area contributed by atoms with Gasteiger partial charge < -0.3 is 15.4 Å². The van der Waals surface area contributed by atoms with E-state index in [1.807, 2.05) is 37.4 Å². The van der Waals surface area contributed by atoms with Crippen molar-refractivity contribution < 1.29 is 4.74 Å². The van der Waals surface area contributed by atoms with Gasteiger partial charge in [0.15, 0.2) is 0 Å². The van der Waals surface area contributed by atoms with E-state index in [1.165, 1.54) is 0 Å². The van der Waals surface area contributed by atoms with Gasteiger partial charge in [-0.2, -0.15) is 0 Å². The maximum atomic E-state index is 5.53. The molecule has 0 heterocycles. The summed E-state index contributed by atoms with van der Waals surface area (Å²) in [6.07, 6.45) is 1.15. The molecule has 0 unspecified atom stereocenters. The van der Waals surface area contributed by atoms with Crippen LogP contribution in [0.5, 0.6) is 5.75 Å². The summed E-state index contributed by atoms with van der Waals surface area (Å²) in [4.78, 5) is 0. The molecule has 0 aliphatic carbocycles. The van der Waals surface area contributed by atoms with E-state index in [1.54, 1.807) is 0 Å². The lowest BCUT2D eigenvalue weighted by atomic mass is 10.3. The van der Waals surface area contributed by atoms with Gasteiger partial charge in [-0.3, -0.25) is 0 Å². The summed E-state index contributed by atoms with van der Waals surface area (Å²) in [7, 11) is 1.97. The van der Waals surface area contributed by atoms with Crippen LogP contribution in [0, 0.1) is 0 Å². The van der Waals surface area contributed by atoms with E-state index in [4.69, 9.17) is 4.74 Å². The van der Waals surface area contributed by atoms with Gasteiger partial charge in [0.05, 0.1) is 0 Å². The molecular formula is C12H20N2O. The average molecular weight is 208 g/mol. The van der Waals surface area contributed by atoms with E-state index in [-0.39, 0.29) is 0 Å². The van der Waals surface area contributed by atoms with Gasteiger partial charge in [0.25, 0.3) is 0 Å². The van der Waals surface area contributed by atoms with Crippen molar-refractivity contribution in [3.63, 3.8) is 0 Å². The molecule has 84 valence electrons. The van der Waals surface area contributed by atoms with Gasteiger partial charge >= 0.3 is 0 Å². The molecule has 0 fully saturated rings. The molecule has 0 radical (unpaired) electrons. The highest BCUT2D eigenvalue weighted by Crippen LogP contribution is 2.07. The van der Waals surface area contributed by atoms with Gasteiger partial charge in [-0.15, -0.1) is 0 Å². The number of para-hydroxylation sites is 1. The minimum absolute atomic E-state index is 0.726. The van der Waals surface area contributed by atoms with Crippen molar-refractivity contribution in [1.29, 1.82) is 0 Å². The Hall–Kier alpha value is -1.06. The molecule has 1 aromatic rings. The van der Waals surface area contributed by atoms with Crippen LogP contribution >= 0.6 is 0 Å². The Kier molecular flexibility index (Phi) is 6.62. The monoisotopic (exact) mass is 208 g/mol. The fourth-order valence-electron chi connectivity index (χ4n) is 1.27. The first-order valence-corrected chi connectivity index (χ1v) is 5.46. The highest BCUT2D eigenvalue weighted by Gasteiger charge is 1.91. The minimum atomic E-state index is 0.726. The van der Waals surface area contributed by atoms with Crippen LogP contribution in [0.15, 0.2) is 30.3 Å². The van der Waals surface area contributed by atoms with E-state index in [0.717, 1.165) is 38.4 Å². The van der Waals surface area contributed by atoms with Crippen molar-refractivity contribution in [3.05, 3.63) is 30.3 Å². The maximum Gasteiger partial charge on any atom is 0.119 e. The van der Waals surface area contributed by atoms with Crippen molar-refractivity contribution in [2.45, 2.75) is 6.42 Å². The highest BCUT2D eigenvalue weighted by atomic mass is 16.5. The van der Waals surface area contributed by atoms with Crippen molar-refractivity contribution in [2.24, 2.45) is 0 Å². The van der Waals surface area contributed by atoms with Crippen molar-refractivity contribution in [2.75, 3.05) is 33.3 Å². The quantitative estimate of drug-likeness (QED) is 0.631. The van der Waals surface area contributed by atoms with Gasteiger partial charge in [-0.25, -0.2) is 0 Å². The van der Waals surface area contributed by atoms with Crippen LogP contribution in [0.3, 0.4) is 0 Å². The van der Waals surface area contributed by atoms with Crippen LogP contribution in [0.25, 0.3) is 0 Å². The maximum absolute atomic E-state index is 5.53. The lowest BCUT2D eigenvalue weighted by Crippen LogP contribution is -2.24. The zero-order chi connectivity index (χ0) is 10.8. The lowest BCUT2D eigenvalue weighted by molar-refractivity contribution is 0.314. The summed E-state index contributed by atoms with van der Waals surface area (Å²) in [5, 5.41) is 6.44. The summed E-state index contributed by atoms with van der Waals surface area (Å²) >= 11 is 0. The number of hydrogen-bond acceptors (Lipinski definition) is 3. The third-order valence-corrected chi connectivity index (χ3v) is 2.07. The predicted molar refractivity (Wildman–Crippen MR) is 63.4 cm³/mol. The molecular weight excluding hydrogens is 188 g/mol. The normalized spacial score (nSPS) is 10.2. The van der Waals surface area contributed by atoms with Crippen LogP contribution in [0.4, 0.5) is 0 Å². The highest BCUT2D eigenvalue weighted by molar-refractivity contribution is 5.20. The van der Waals surface area contributed by atoms with Crippen LogP contribution in [-0.4, -0.2) is 33.3 Å². The van der Waals surface area contributed by atoms with E-state index < -0.39 is 0 Å². The second kappa shape index (κ2) is 8.26. The summed E-state index contributed by atoms with van der Waals surface area (Å²) in [6, 6.07) is 9.90. The Labute approximate surface area is 91.8 Å². The molecule has 3 nitrogen and oxygen atoms in total. The van der Waals surface area contributed by atoms with Gasteiger partial charge in [-0.1, -0.05) is 18.2 Å². The first-order chi connectivity index (χ1) is 7.43. The molecule has 2 N–H and O–H groups in total. The van der Waals surface area contributed by atoms with E-state index in [2.05, 4.69) is 10.6 Å². The number of nitrogens with one attached hydrogen (secondary N) is 2. The number of benzene rings is 1. The van der Waals surface area contributed by atoms with Crippen LogP contribution in [0.2, 0.25) is 0 Å². The van der Waals surface area contributed by atoms with Crippen molar-refractivity contribution in [1.82, 2.24) is 10.6 Å². The van der Waals surface area contributed by atoms with Gasteiger partial charge in [0.1, 0.15) is 12.4 Å². The van der Waals surface area contributed by atoms with E-state index in [0.29, 0.717) is 0 Å². The molecule has 0 saturated carbocycles. The topological polar surface area (TPSA) is 33.3 Å². The molecule has 0 amide bonds. The SMILES string of the molecule is CNCCCNCCOc1ccccc1. The van der Waals surface area contributed by atoms with Gasteiger partial charge in [-0.05, 0) is 38.7 Å². The third-order valence-electron chi connectivity index (χ3n) is 2.07. The Morgan fingerprint density at radius 2 is 1.87 bits per heavy atom. The summed E-state index contributed by atoms with van der Waals surface area (Å²) < 4.78 is 5.53. The minimum Gasteiger partial charge on any atom is -0.492 e.